The average Bonchev–Trinajstić information content (AvgIpc) is 2.23. The molecule has 0 aromatic carbocycles. The largest absolute Gasteiger partial charge is 0.327 e. The van der Waals surface area contributed by atoms with Crippen molar-refractivity contribution in [1.82, 2.24) is 0 Å². The van der Waals surface area contributed by atoms with Crippen LogP contribution >= 0.6 is 0 Å². The van der Waals surface area contributed by atoms with Gasteiger partial charge in [-0.2, -0.15) is 0 Å². The third kappa shape index (κ3) is 4.14. The van der Waals surface area contributed by atoms with Gasteiger partial charge in [0.15, 0.2) is 0 Å². The van der Waals surface area contributed by atoms with Gasteiger partial charge in [0.25, 0.3) is 0 Å². The molecule has 0 radical (unpaired) electrons. The Labute approximate surface area is 96.8 Å². The highest BCUT2D eigenvalue weighted by molar-refractivity contribution is 4.81. The Bertz CT molecular complexity index is 165. The first-order valence-corrected chi connectivity index (χ1v) is 6.58. The van der Waals surface area contributed by atoms with Gasteiger partial charge in [-0.25, -0.2) is 0 Å². The van der Waals surface area contributed by atoms with Gasteiger partial charge in [0.05, 0.1) is 0 Å². The Morgan fingerprint density at radius 1 is 0.800 bits per heavy atom. The maximum atomic E-state index is 6.31. The predicted octanol–water partition coefficient (Wildman–Crippen LogP) is 3.92. The van der Waals surface area contributed by atoms with Gasteiger partial charge in [-0.15, -0.1) is 0 Å². The highest BCUT2D eigenvalue weighted by Crippen LogP contribution is 2.30. The summed E-state index contributed by atoms with van der Waals surface area (Å²) in [5.74, 6) is 3.50. The van der Waals surface area contributed by atoms with Gasteiger partial charge in [0, 0.05) is 6.04 Å². The predicted molar refractivity (Wildman–Crippen MR) is 69.8 cm³/mol. The molecule has 0 bridgehead atoms. The Morgan fingerprint density at radius 2 is 1.27 bits per heavy atom. The van der Waals surface area contributed by atoms with E-state index < -0.39 is 0 Å². The van der Waals surface area contributed by atoms with E-state index in [0.717, 1.165) is 11.8 Å². The van der Waals surface area contributed by atoms with Crippen LogP contribution in [0.25, 0.3) is 0 Å². The van der Waals surface area contributed by atoms with Crippen LogP contribution in [0.15, 0.2) is 0 Å². The van der Waals surface area contributed by atoms with Gasteiger partial charge in [-0.3, -0.25) is 0 Å². The third-order valence-electron chi connectivity index (χ3n) is 4.62. The second-order valence-corrected chi connectivity index (χ2v) is 5.78. The van der Waals surface area contributed by atoms with E-state index >= 15 is 0 Å². The van der Waals surface area contributed by atoms with E-state index in [4.69, 9.17) is 5.73 Å². The molecule has 0 heterocycles. The minimum absolute atomic E-state index is 0.353. The zero-order valence-electron chi connectivity index (χ0n) is 11.7. The van der Waals surface area contributed by atoms with Crippen molar-refractivity contribution >= 4 is 0 Å². The van der Waals surface area contributed by atoms with Crippen LogP contribution in [0.1, 0.15) is 54.9 Å². The molecule has 0 saturated heterocycles. The molecule has 0 aliphatic heterocycles. The molecule has 0 fully saturated rings. The van der Waals surface area contributed by atoms with Crippen molar-refractivity contribution < 1.29 is 0 Å². The lowest BCUT2D eigenvalue weighted by molar-refractivity contribution is 0.174. The SMILES string of the molecule is CCC(C)C(N)C(C)C(C)C(C)C(C)C. The summed E-state index contributed by atoms with van der Waals surface area (Å²) in [6.45, 7) is 16.2. The molecule has 2 N–H and O–H groups in total. The standard InChI is InChI=1S/C14H31N/c1-8-10(4)14(15)13(7)12(6)11(5)9(2)3/h9-14H,8,15H2,1-7H3. The number of hydrogen-bond acceptors (Lipinski definition) is 1. The van der Waals surface area contributed by atoms with Crippen LogP contribution < -0.4 is 5.73 Å². The normalized spacial score (nSPS) is 22.2. The summed E-state index contributed by atoms with van der Waals surface area (Å²) in [6, 6.07) is 0.353. The first-order chi connectivity index (χ1) is 6.82. The maximum Gasteiger partial charge on any atom is 0.00929 e. The average molecular weight is 213 g/mol. The maximum absolute atomic E-state index is 6.31. The number of nitrogens with two attached hydrogens (primary N) is 1. The quantitative estimate of drug-likeness (QED) is 0.711. The van der Waals surface area contributed by atoms with Gasteiger partial charge in [-0.1, -0.05) is 54.9 Å². The van der Waals surface area contributed by atoms with Gasteiger partial charge in [-0.05, 0) is 29.6 Å². The van der Waals surface area contributed by atoms with E-state index in [9.17, 15) is 0 Å². The van der Waals surface area contributed by atoms with Crippen LogP contribution in [0.4, 0.5) is 0 Å². The summed E-state index contributed by atoms with van der Waals surface area (Å²) in [4.78, 5) is 0. The highest BCUT2D eigenvalue weighted by atomic mass is 14.7. The minimum atomic E-state index is 0.353. The van der Waals surface area contributed by atoms with Gasteiger partial charge >= 0.3 is 0 Å². The Morgan fingerprint density at radius 3 is 1.60 bits per heavy atom. The molecule has 92 valence electrons. The molecule has 0 aromatic heterocycles. The molecule has 0 aliphatic rings. The summed E-state index contributed by atoms with van der Waals surface area (Å²) in [6.07, 6.45) is 1.19. The monoisotopic (exact) mass is 213 g/mol. The van der Waals surface area contributed by atoms with E-state index in [1.807, 2.05) is 0 Å². The van der Waals surface area contributed by atoms with E-state index in [1.54, 1.807) is 0 Å². The summed E-state index contributed by atoms with van der Waals surface area (Å²) in [5.41, 5.74) is 6.31. The first kappa shape index (κ1) is 15.0. The first-order valence-electron chi connectivity index (χ1n) is 6.58. The van der Waals surface area contributed by atoms with Crippen molar-refractivity contribution in [3.8, 4) is 0 Å². The third-order valence-corrected chi connectivity index (χ3v) is 4.62. The number of rotatable bonds is 6. The Hall–Kier alpha value is -0.0400. The van der Waals surface area contributed by atoms with Gasteiger partial charge < -0.3 is 5.73 Å². The van der Waals surface area contributed by atoms with Crippen molar-refractivity contribution in [3.63, 3.8) is 0 Å². The van der Waals surface area contributed by atoms with E-state index in [1.165, 1.54) is 6.42 Å². The fraction of sp³-hybridized carbons (Fsp3) is 1.00. The summed E-state index contributed by atoms with van der Waals surface area (Å²) < 4.78 is 0. The topological polar surface area (TPSA) is 26.0 Å². The van der Waals surface area contributed by atoms with Crippen LogP contribution in [0.2, 0.25) is 0 Å². The van der Waals surface area contributed by atoms with Crippen LogP contribution in [0.3, 0.4) is 0 Å². The zero-order chi connectivity index (χ0) is 12.2. The second kappa shape index (κ2) is 6.52. The summed E-state index contributed by atoms with van der Waals surface area (Å²) in [7, 11) is 0. The Balaban J connectivity index is 4.36. The molecule has 0 aliphatic carbocycles. The van der Waals surface area contributed by atoms with Crippen LogP contribution in [0.5, 0.6) is 0 Å². The molecule has 5 unspecified atom stereocenters. The van der Waals surface area contributed by atoms with Gasteiger partial charge in [0.1, 0.15) is 0 Å². The molecule has 5 atom stereocenters. The second-order valence-electron chi connectivity index (χ2n) is 5.78. The number of hydrogen-bond donors (Lipinski definition) is 1. The van der Waals surface area contributed by atoms with E-state index in [0.29, 0.717) is 23.8 Å². The van der Waals surface area contributed by atoms with Crippen molar-refractivity contribution in [2.45, 2.75) is 60.9 Å². The minimum Gasteiger partial charge on any atom is -0.327 e. The fourth-order valence-corrected chi connectivity index (χ4v) is 2.23. The highest BCUT2D eigenvalue weighted by Gasteiger charge is 2.27. The van der Waals surface area contributed by atoms with Gasteiger partial charge in [0.2, 0.25) is 0 Å². The molecule has 0 rings (SSSR count). The molecule has 1 nitrogen and oxygen atoms in total. The lowest BCUT2D eigenvalue weighted by Crippen LogP contribution is -2.40. The lowest BCUT2D eigenvalue weighted by Gasteiger charge is -2.34. The molecular formula is C14H31N. The molecule has 15 heavy (non-hydrogen) atoms. The van der Waals surface area contributed by atoms with Crippen molar-refractivity contribution in [2.75, 3.05) is 0 Å². The summed E-state index contributed by atoms with van der Waals surface area (Å²) >= 11 is 0. The molecule has 0 spiro atoms. The lowest BCUT2D eigenvalue weighted by atomic mass is 9.73. The van der Waals surface area contributed by atoms with E-state index in [2.05, 4.69) is 48.5 Å². The molecule has 0 amide bonds. The molecule has 1 heteroatoms. The van der Waals surface area contributed by atoms with Crippen LogP contribution in [-0.2, 0) is 0 Å². The Kier molecular flexibility index (Phi) is 6.51. The van der Waals surface area contributed by atoms with Crippen molar-refractivity contribution in [1.29, 1.82) is 0 Å². The zero-order valence-corrected chi connectivity index (χ0v) is 11.7. The van der Waals surface area contributed by atoms with E-state index in [-0.39, 0.29) is 0 Å². The summed E-state index contributed by atoms with van der Waals surface area (Å²) in [5, 5.41) is 0. The molecule has 0 saturated carbocycles. The molecule has 0 aromatic rings. The van der Waals surface area contributed by atoms with Crippen LogP contribution in [-0.4, -0.2) is 6.04 Å². The smallest absolute Gasteiger partial charge is 0.00929 e. The molecular weight excluding hydrogens is 182 g/mol. The van der Waals surface area contributed by atoms with Crippen LogP contribution in [0, 0.1) is 29.6 Å². The fourth-order valence-electron chi connectivity index (χ4n) is 2.23. The van der Waals surface area contributed by atoms with Crippen molar-refractivity contribution in [2.24, 2.45) is 35.3 Å². The van der Waals surface area contributed by atoms with Crippen molar-refractivity contribution in [3.05, 3.63) is 0 Å².